The molecular weight excluding hydrogens is 158 g/mol. The second-order valence-corrected chi connectivity index (χ2v) is 2.79. The Bertz CT molecular complexity index is 210. The fourth-order valence-electron chi connectivity index (χ4n) is 1.00. The van der Waals surface area contributed by atoms with E-state index in [2.05, 4.69) is 10.4 Å². The van der Waals surface area contributed by atoms with Crippen molar-refractivity contribution < 1.29 is 4.79 Å². The molecule has 6 nitrogen and oxygen atoms in total. The number of hydrogen-bond acceptors (Lipinski definition) is 3. The van der Waals surface area contributed by atoms with E-state index in [4.69, 9.17) is 11.5 Å². The Balaban J connectivity index is 2.57. The normalized spacial score (nSPS) is 23.9. The second-order valence-electron chi connectivity index (χ2n) is 2.79. The third-order valence-electron chi connectivity index (χ3n) is 1.59. The average molecular weight is 171 g/mol. The van der Waals surface area contributed by atoms with Gasteiger partial charge in [-0.2, -0.15) is 0 Å². The molecule has 1 fully saturated rings. The van der Waals surface area contributed by atoms with E-state index in [1.165, 1.54) is 5.01 Å². The summed E-state index contributed by atoms with van der Waals surface area (Å²) in [4.78, 5) is 11.2. The van der Waals surface area contributed by atoms with E-state index in [9.17, 15) is 4.79 Å². The van der Waals surface area contributed by atoms with Gasteiger partial charge in [0.25, 0.3) is 0 Å². The number of guanidine groups is 1. The van der Waals surface area contributed by atoms with Crippen LogP contribution >= 0.6 is 0 Å². The number of nitrogens with one attached hydrogen (secondary N) is 1. The van der Waals surface area contributed by atoms with Crippen LogP contribution in [0, 0.1) is 0 Å². The van der Waals surface area contributed by atoms with Crippen LogP contribution in [0.2, 0.25) is 0 Å². The lowest BCUT2D eigenvalue weighted by Gasteiger charge is -2.26. The predicted molar refractivity (Wildman–Crippen MR) is 44.7 cm³/mol. The third-order valence-corrected chi connectivity index (χ3v) is 1.59. The zero-order valence-corrected chi connectivity index (χ0v) is 6.95. The lowest BCUT2D eigenvalue weighted by atomic mass is 10.2. The molecule has 0 unspecified atom stereocenters. The maximum atomic E-state index is 11.2. The fraction of sp³-hybridized carbons (Fsp3) is 0.667. The predicted octanol–water partition coefficient (Wildman–Crippen LogP) is -1.66. The number of carbonyl (C=O) groups is 1. The molecule has 1 amide bonds. The van der Waals surface area contributed by atoms with Gasteiger partial charge in [-0.05, 0) is 6.92 Å². The largest absolute Gasteiger partial charge is 0.369 e. The van der Waals surface area contributed by atoms with Crippen LogP contribution in [0.25, 0.3) is 0 Å². The first-order valence-electron chi connectivity index (χ1n) is 3.73. The van der Waals surface area contributed by atoms with E-state index in [0.717, 1.165) is 0 Å². The molecule has 1 atom stereocenters. The SMILES string of the molecule is C[C@H]1CC(=O)N(N=C(N)N)CN1. The highest BCUT2D eigenvalue weighted by Crippen LogP contribution is 2.04. The molecule has 6 heteroatoms. The average Bonchev–Trinajstić information content (AvgIpc) is 1.94. The Labute approximate surface area is 70.6 Å². The molecule has 0 saturated carbocycles. The molecule has 0 bridgehead atoms. The molecule has 0 radical (unpaired) electrons. The summed E-state index contributed by atoms with van der Waals surface area (Å²) in [6.45, 7) is 2.31. The Hall–Kier alpha value is -1.30. The van der Waals surface area contributed by atoms with Crippen LogP contribution in [-0.2, 0) is 4.79 Å². The van der Waals surface area contributed by atoms with Gasteiger partial charge in [0.15, 0.2) is 0 Å². The molecule has 5 N–H and O–H groups in total. The van der Waals surface area contributed by atoms with Crippen molar-refractivity contribution in [2.45, 2.75) is 19.4 Å². The van der Waals surface area contributed by atoms with Crippen LogP contribution in [0.4, 0.5) is 0 Å². The molecule has 0 aromatic rings. The number of hydrazone groups is 1. The van der Waals surface area contributed by atoms with Gasteiger partial charge in [-0.15, -0.1) is 5.10 Å². The molecule has 1 aliphatic rings. The van der Waals surface area contributed by atoms with Crippen LogP contribution in [0.15, 0.2) is 5.10 Å². The summed E-state index contributed by atoms with van der Waals surface area (Å²) in [5.74, 6) is -0.158. The minimum absolute atomic E-state index is 0.0605. The van der Waals surface area contributed by atoms with Gasteiger partial charge in [0, 0.05) is 12.5 Å². The topological polar surface area (TPSA) is 96.7 Å². The van der Waals surface area contributed by atoms with E-state index < -0.39 is 0 Å². The first kappa shape index (κ1) is 8.79. The molecule has 1 rings (SSSR count). The number of nitrogens with two attached hydrogens (primary N) is 2. The Morgan fingerprint density at radius 2 is 2.42 bits per heavy atom. The molecule has 1 heterocycles. The van der Waals surface area contributed by atoms with Crippen LogP contribution in [0.5, 0.6) is 0 Å². The lowest BCUT2D eigenvalue weighted by molar-refractivity contribution is -0.134. The van der Waals surface area contributed by atoms with Crippen LogP contribution in [0.3, 0.4) is 0 Å². The highest BCUT2D eigenvalue weighted by atomic mass is 16.2. The van der Waals surface area contributed by atoms with Gasteiger partial charge in [-0.3, -0.25) is 10.1 Å². The standard InChI is InChI=1S/C6H13N5O/c1-4-2-5(12)11(3-9-4)10-6(7)8/h4,9H,2-3H2,1H3,(H4,7,8,10)/t4-/m0/s1. The Morgan fingerprint density at radius 1 is 1.75 bits per heavy atom. The van der Waals surface area contributed by atoms with Gasteiger partial charge < -0.3 is 11.5 Å². The van der Waals surface area contributed by atoms with Gasteiger partial charge in [0.05, 0.1) is 6.67 Å². The van der Waals surface area contributed by atoms with Crippen molar-refractivity contribution in [2.24, 2.45) is 16.6 Å². The fourth-order valence-corrected chi connectivity index (χ4v) is 1.00. The number of amides is 1. The zero-order chi connectivity index (χ0) is 9.14. The molecule has 0 aliphatic carbocycles. The smallest absolute Gasteiger partial charge is 0.245 e. The van der Waals surface area contributed by atoms with Gasteiger partial charge in [0.1, 0.15) is 0 Å². The Kier molecular flexibility index (Phi) is 2.49. The van der Waals surface area contributed by atoms with Crippen molar-refractivity contribution in [1.82, 2.24) is 10.3 Å². The molecule has 0 aromatic carbocycles. The summed E-state index contributed by atoms with van der Waals surface area (Å²) in [6, 6.07) is 0.197. The molecular formula is C6H13N5O. The third kappa shape index (κ3) is 2.09. The van der Waals surface area contributed by atoms with Crippen LogP contribution < -0.4 is 16.8 Å². The summed E-state index contributed by atoms with van der Waals surface area (Å²) in [5, 5.41) is 7.93. The summed E-state index contributed by atoms with van der Waals surface area (Å²) < 4.78 is 0. The van der Waals surface area contributed by atoms with Gasteiger partial charge in [-0.1, -0.05) is 0 Å². The van der Waals surface area contributed by atoms with E-state index in [1.807, 2.05) is 6.92 Å². The first-order chi connectivity index (χ1) is 5.59. The monoisotopic (exact) mass is 171 g/mol. The summed E-state index contributed by atoms with van der Waals surface area (Å²) in [7, 11) is 0. The maximum Gasteiger partial charge on any atom is 0.245 e. The van der Waals surface area contributed by atoms with Crippen molar-refractivity contribution >= 4 is 11.9 Å². The maximum absolute atomic E-state index is 11.2. The minimum Gasteiger partial charge on any atom is -0.369 e. The number of nitrogens with zero attached hydrogens (tertiary/aromatic N) is 2. The van der Waals surface area contributed by atoms with Gasteiger partial charge in [-0.25, -0.2) is 5.01 Å². The summed E-state index contributed by atoms with van der Waals surface area (Å²) in [5.41, 5.74) is 10.3. The molecule has 12 heavy (non-hydrogen) atoms. The summed E-state index contributed by atoms with van der Waals surface area (Å²) in [6.07, 6.45) is 0.427. The number of carbonyl (C=O) groups excluding carboxylic acids is 1. The van der Waals surface area contributed by atoms with Crippen molar-refractivity contribution in [3.63, 3.8) is 0 Å². The van der Waals surface area contributed by atoms with Crippen molar-refractivity contribution in [3.8, 4) is 0 Å². The van der Waals surface area contributed by atoms with Crippen molar-refractivity contribution in [3.05, 3.63) is 0 Å². The molecule has 0 spiro atoms. The zero-order valence-electron chi connectivity index (χ0n) is 6.95. The van der Waals surface area contributed by atoms with E-state index >= 15 is 0 Å². The van der Waals surface area contributed by atoms with Gasteiger partial charge >= 0.3 is 0 Å². The van der Waals surface area contributed by atoms with Crippen molar-refractivity contribution in [1.29, 1.82) is 0 Å². The van der Waals surface area contributed by atoms with Crippen molar-refractivity contribution in [2.75, 3.05) is 6.67 Å². The minimum atomic E-state index is -0.0975. The Morgan fingerprint density at radius 3 is 2.92 bits per heavy atom. The number of hydrogen-bond donors (Lipinski definition) is 3. The van der Waals surface area contributed by atoms with E-state index in [1.54, 1.807) is 0 Å². The molecule has 1 aliphatic heterocycles. The summed E-state index contributed by atoms with van der Waals surface area (Å²) >= 11 is 0. The molecule has 0 aromatic heterocycles. The van der Waals surface area contributed by atoms with E-state index in [-0.39, 0.29) is 17.9 Å². The molecule has 68 valence electrons. The lowest BCUT2D eigenvalue weighted by Crippen LogP contribution is -2.48. The first-order valence-corrected chi connectivity index (χ1v) is 3.73. The second kappa shape index (κ2) is 3.40. The molecule has 1 saturated heterocycles. The number of rotatable bonds is 1. The van der Waals surface area contributed by atoms with Crippen LogP contribution in [0.1, 0.15) is 13.3 Å². The highest BCUT2D eigenvalue weighted by Gasteiger charge is 2.21. The van der Waals surface area contributed by atoms with E-state index in [0.29, 0.717) is 13.1 Å². The highest BCUT2D eigenvalue weighted by molar-refractivity contribution is 5.81. The quantitative estimate of drug-likeness (QED) is 0.325. The van der Waals surface area contributed by atoms with Gasteiger partial charge in [0.2, 0.25) is 11.9 Å². The van der Waals surface area contributed by atoms with Crippen LogP contribution in [-0.4, -0.2) is 29.6 Å².